The molecule has 0 heterocycles. The Bertz CT molecular complexity index is 2010. The first-order valence-corrected chi connectivity index (χ1v) is 17.0. The zero-order chi connectivity index (χ0) is 36.7. The van der Waals surface area contributed by atoms with Crippen molar-refractivity contribution < 1.29 is 61.4 Å². The molecule has 0 atom stereocenters. The quantitative estimate of drug-likeness (QED) is 0.0659. The summed E-state index contributed by atoms with van der Waals surface area (Å²) in [6, 6.07) is 8.91. The highest BCUT2D eigenvalue weighted by molar-refractivity contribution is 9.10. The largest absolute Gasteiger partial charge is 0.411 e. The van der Waals surface area contributed by atoms with Gasteiger partial charge in [-0.3, -0.25) is 20.2 Å². The van der Waals surface area contributed by atoms with Gasteiger partial charge in [0.1, 0.15) is 9.79 Å². The number of rotatable bonds is 10. The summed E-state index contributed by atoms with van der Waals surface area (Å²) < 4.78 is 150. The fourth-order valence-electron chi connectivity index (χ4n) is 4.44. The molecule has 22 heteroatoms. The van der Waals surface area contributed by atoms with Gasteiger partial charge < -0.3 is 8.37 Å². The zero-order valence-electron chi connectivity index (χ0n) is 23.4. The number of nitro groups is 2. The standard InChI is InChI=1S/C27H14Br2F6N2O10S2/c28-17-3-7-19(8-4-17)48(42,43)46-23-11-1-15(13-21(23)36(38)39)25(26(30,31)32,27(33,34)35)16-2-12-24(22(14-16)37(40)41)47-49(44,45)20-9-5-18(29)6-10-20/h1-14H. The van der Waals surface area contributed by atoms with E-state index in [1.165, 1.54) is 24.3 Å². The smallest absolute Gasteiger partial charge is 0.372 e. The molecular weight excluding hydrogens is 850 g/mol. The van der Waals surface area contributed by atoms with Crippen LogP contribution in [-0.4, -0.2) is 39.0 Å². The van der Waals surface area contributed by atoms with Crippen LogP contribution in [0.4, 0.5) is 37.7 Å². The lowest BCUT2D eigenvalue weighted by molar-refractivity contribution is -0.385. The normalized spacial score (nSPS) is 12.7. The van der Waals surface area contributed by atoms with E-state index in [-0.39, 0.29) is 36.4 Å². The Morgan fingerprint density at radius 1 is 0.551 bits per heavy atom. The lowest BCUT2D eigenvalue weighted by Gasteiger charge is -2.38. The number of benzene rings is 4. The van der Waals surface area contributed by atoms with Gasteiger partial charge in [-0.2, -0.15) is 43.2 Å². The molecule has 0 saturated heterocycles. The summed E-state index contributed by atoms with van der Waals surface area (Å²) in [4.78, 5) is 19.6. The molecule has 0 saturated carbocycles. The van der Waals surface area contributed by atoms with Gasteiger partial charge in [0.25, 0.3) is 0 Å². The predicted molar refractivity (Wildman–Crippen MR) is 163 cm³/mol. The van der Waals surface area contributed by atoms with Crippen molar-refractivity contribution in [2.24, 2.45) is 0 Å². The number of halogens is 8. The molecule has 0 radical (unpaired) electrons. The van der Waals surface area contributed by atoms with Crippen LogP contribution in [0.25, 0.3) is 0 Å². The summed E-state index contributed by atoms with van der Waals surface area (Å²) in [5.41, 5.74) is -12.4. The van der Waals surface area contributed by atoms with Crippen LogP contribution in [0.1, 0.15) is 11.1 Å². The van der Waals surface area contributed by atoms with Crippen molar-refractivity contribution in [3.05, 3.63) is 125 Å². The van der Waals surface area contributed by atoms with Crippen LogP contribution >= 0.6 is 31.9 Å². The van der Waals surface area contributed by atoms with Crippen LogP contribution in [0.2, 0.25) is 0 Å². The Hall–Kier alpha value is -4.28. The average molecular weight is 864 g/mol. The van der Waals surface area contributed by atoms with E-state index in [1.807, 2.05) is 0 Å². The maximum absolute atomic E-state index is 14.8. The Labute approximate surface area is 288 Å². The highest BCUT2D eigenvalue weighted by atomic mass is 79.9. The second-order valence-electron chi connectivity index (χ2n) is 9.61. The van der Waals surface area contributed by atoms with Crippen molar-refractivity contribution in [3.63, 3.8) is 0 Å². The highest BCUT2D eigenvalue weighted by Crippen LogP contribution is 2.58. The van der Waals surface area contributed by atoms with E-state index in [2.05, 4.69) is 31.9 Å². The van der Waals surface area contributed by atoms with Crippen molar-refractivity contribution >= 4 is 63.5 Å². The third-order valence-electron chi connectivity index (χ3n) is 6.63. The van der Waals surface area contributed by atoms with E-state index in [0.29, 0.717) is 8.95 Å². The lowest BCUT2D eigenvalue weighted by Crippen LogP contribution is -2.54. The number of nitrogens with zero attached hydrogens (tertiary/aromatic N) is 2. The highest BCUT2D eigenvalue weighted by Gasteiger charge is 2.73. The second kappa shape index (κ2) is 13.2. The van der Waals surface area contributed by atoms with Crippen molar-refractivity contribution in [2.45, 2.75) is 27.6 Å². The van der Waals surface area contributed by atoms with Crippen LogP contribution in [0.5, 0.6) is 11.5 Å². The third kappa shape index (κ3) is 7.35. The van der Waals surface area contributed by atoms with E-state index >= 15 is 0 Å². The van der Waals surface area contributed by atoms with E-state index in [4.69, 9.17) is 8.37 Å². The average Bonchev–Trinajstić information content (AvgIpc) is 2.97. The van der Waals surface area contributed by atoms with Gasteiger partial charge >= 0.3 is 44.0 Å². The molecule has 4 aromatic rings. The Kier molecular flexibility index (Phi) is 10.1. The maximum Gasteiger partial charge on any atom is 0.411 e. The molecule has 0 unspecified atom stereocenters. The minimum atomic E-state index is -6.44. The van der Waals surface area contributed by atoms with Gasteiger partial charge in [-0.25, -0.2) is 0 Å². The van der Waals surface area contributed by atoms with Gasteiger partial charge in [0.05, 0.1) is 9.85 Å². The molecule has 0 aliphatic carbocycles. The van der Waals surface area contributed by atoms with Crippen LogP contribution in [0, 0.1) is 20.2 Å². The molecule has 12 nitrogen and oxygen atoms in total. The van der Waals surface area contributed by atoms with E-state index in [1.54, 1.807) is 0 Å². The molecular formula is C27H14Br2F6N2O10S2. The van der Waals surface area contributed by atoms with Gasteiger partial charge in [0, 0.05) is 21.1 Å². The van der Waals surface area contributed by atoms with Crippen LogP contribution < -0.4 is 8.37 Å². The van der Waals surface area contributed by atoms with Crippen molar-refractivity contribution in [1.29, 1.82) is 0 Å². The van der Waals surface area contributed by atoms with E-state index in [9.17, 15) is 63.4 Å². The fraction of sp³-hybridized carbons (Fsp3) is 0.111. The maximum atomic E-state index is 14.8. The lowest BCUT2D eigenvalue weighted by atomic mass is 9.72. The molecule has 0 aliphatic heterocycles. The first-order chi connectivity index (χ1) is 22.5. The van der Waals surface area contributed by atoms with Crippen LogP contribution in [0.15, 0.2) is 104 Å². The molecule has 0 amide bonds. The molecule has 4 aromatic carbocycles. The first-order valence-electron chi connectivity index (χ1n) is 12.6. The molecule has 49 heavy (non-hydrogen) atoms. The molecule has 0 N–H and O–H groups in total. The van der Waals surface area contributed by atoms with Crippen molar-refractivity contribution in [3.8, 4) is 11.5 Å². The summed E-state index contributed by atoms with van der Waals surface area (Å²) in [5.74, 6) is -2.52. The first kappa shape index (κ1) is 37.5. The Morgan fingerprint density at radius 2 is 0.857 bits per heavy atom. The molecule has 0 aliphatic rings. The van der Waals surface area contributed by atoms with Gasteiger partial charge in [-0.05, 0) is 71.8 Å². The van der Waals surface area contributed by atoms with E-state index in [0.717, 1.165) is 24.3 Å². The van der Waals surface area contributed by atoms with Crippen molar-refractivity contribution in [2.75, 3.05) is 0 Å². The molecule has 260 valence electrons. The molecule has 0 spiro atoms. The van der Waals surface area contributed by atoms with Crippen LogP contribution in [0.3, 0.4) is 0 Å². The van der Waals surface area contributed by atoms with Crippen LogP contribution in [-0.2, 0) is 25.7 Å². The number of nitro benzene ring substituents is 2. The SMILES string of the molecule is O=[N+]([O-])c1cc(C(c2ccc(OS(=O)(=O)c3ccc(Br)cc3)c([N+](=O)[O-])c2)(C(F)(F)F)C(F)(F)F)ccc1OS(=O)(=O)c1ccc(Br)cc1. The fourth-order valence-corrected chi connectivity index (χ4v) is 6.86. The molecule has 0 fully saturated rings. The van der Waals surface area contributed by atoms with Gasteiger partial charge in [-0.1, -0.05) is 44.0 Å². The molecule has 0 aromatic heterocycles. The van der Waals surface area contributed by atoms with Gasteiger partial charge in [0.2, 0.25) is 16.9 Å². The Balaban J connectivity index is 1.93. The summed E-state index contributed by atoms with van der Waals surface area (Å²) in [6.45, 7) is 0. The number of hydrogen-bond acceptors (Lipinski definition) is 10. The topological polar surface area (TPSA) is 173 Å². The Morgan fingerprint density at radius 3 is 1.12 bits per heavy atom. The van der Waals surface area contributed by atoms with Crippen molar-refractivity contribution in [1.82, 2.24) is 0 Å². The summed E-state index contributed by atoms with van der Waals surface area (Å²) in [5, 5.41) is 23.7. The minimum absolute atomic E-state index is 0.0503. The third-order valence-corrected chi connectivity index (χ3v) is 10.2. The van der Waals surface area contributed by atoms with Gasteiger partial charge in [0.15, 0.2) is 0 Å². The number of hydrogen-bond donors (Lipinski definition) is 0. The monoisotopic (exact) mass is 862 g/mol. The van der Waals surface area contributed by atoms with Gasteiger partial charge in [-0.15, -0.1) is 0 Å². The van der Waals surface area contributed by atoms with E-state index < -0.39 is 91.6 Å². The number of alkyl halides is 6. The molecule has 4 rings (SSSR count). The second-order valence-corrected chi connectivity index (χ2v) is 14.5. The predicted octanol–water partition coefficient (Wildman–Crippen LogP) is 7.97. The molecule has 0 bridgehead atoms. The summed E-state index contributed by atoms with van der Waals surface area (Å²) >= 11 is 6.09. The zero-order valence-corrected chi connectivity index (χ0v) is 28.2. The summed E-state index contributed by atoms with van der Waals surface area (Å²) in [6.07, 6.45) is -12.9. The minimum Gasteiger partial charge on any atom is -0.372 e. The summed E-state index contributed by atoms with van der Waals surface area (Å²) in [7, 11) is -9.82.